The Bertz CT molecular complexity index is 1030. The fraction of sp³-hybridized carbons (Fsp3) is 0.438. The maximum absolute atomic E-state index is 9.45. The molecular weight excluding hydrogens is 490 g/mol. The van der Waals surface area contributed by atoms with E-state index in [-0.39, 0.29) is 32.3 Å². The molecule has 4 rings (SSSR count). The van der Waals surface area contributed by atoms with Gasteiger partial charge in [0.05, 0.1) is 26.4 Å². The van der Waals surface area contributed by atoms with Gasteiger partial charge in [-0.3, -0.25) is 0 Å². The van der Waals surface area contributed by atoms with Crippen LogP contribution in [0.4, 0.5) is 17.1 Å². The maximum atomic E-state index is 9.45. The first-order valence-electron chi connectivity index (χ1n) is 14.2. The van der Waals surface area contributed by atoms with E-state index >= 15 is 0 Å². The molecule has 0 bridgehead atoms. The first-order valence-corrected chi connectivity index (χ1v) is 14.2. The zero-order valence-corrected chi connectivity index (χ0v) is 22.8. The predicted octanol–water partition coefficient (Wildman–Crippen LogP) is 3.44. The molecule has 39 heavy (non-hydrogen) atoms. The van der Waals surface area contributed by atoms with Crippen LogP contribution in [0.25, 0.3) is 0 Å². The van der Waals surface area contributed by atoms with E-state index < -0.39 is 0 Å². The van der Waals surface area contributed by atoms with Crippen LogP contribution in [-0.2, 0) is 0 Å². The molecule has 1 fully saturated rings. The van der Waals surface area contributed by atoms with Crippen molar-refractivity contribution in [3.8, 4) is 0 Å². The fourth-order valence-electron chi connectivity index (χ4n) is 5.59. The van der Waals surface area contributed by atoms with Crippen molar-refractivity contribution < 1.29 is 20.4 Å². The molecule has 0 atom stereocenters. The van der Waals surface area contributed by atoms with Crippen molar-refractivity contribution in [1.82, 2.24) is 0 Å². The minimum Gasteiger partial charge on any atom is -0.395 e. The Kier molecular flexibility index (Phi) is 11.0. The largest absolute Gasteiger partial charge is 0.395 e. The second-order valence-electron chi connectivity index (χ2n) is 10.1. The van der Waals surface area contributed by atoms with E-state index in [1.54, 1.807) is 0 Å². The average molecular weight is 534 g/mol. The minimum absolute atomic E-state index is 0.0248. The second-order valence-corrected chi connectivity index (χ2v) is 10.1. The summed E-state index contributed by atoms with van der Waals surface area (Å²) < 4.78 is 0. The van der Waals surface area contributed by atoms with E-state index in [4.69, 9.17) is 0 Å². The topological polar surface area (TPSA) is 90.6 Å². The molecule has 0 aliphatic carbocycles. The number of hydrogen-bond acceptors (Lipinski definition) is 7. The van der Waals surface area contributed by atoms with Crippen molar-refractivity contribution >= 4 is 17.1 Å². The Balaban J connectivity index is 1.66. The van der Waals surface area contributed by atoms with Gasteiger partial charge in [0.15, 0.2) is 0 Å². The van der Waals surface area contributed by atoms with Crippen molar-refractivity contribution in [2.75, 3.05) is 80.4 Å². The third kappa shape index (κ3) is 7.51. The molecule has 0 saturated carbocycles. The summed E-state index contributed by atoms with van der Waals surface area (Å²) in [5.74, 6) is 0.0248. The van der Waals surface area contributed by atoms with Crippen LogP contribution in [0.3, 0.4) is 0 Å². The molecule has 3 aromatic rings. The van der Waals surface area contributed by atoms with Crippen LogP contribution in [0.2, 0.25) is 0 Å². The Labute approximate surface area is 232 Å². The first-order chi connectivity index (χ1) is 19.2. The molecule has 0 spiro atoms. The van der Waals surface area contributed by atoms with Gasteiger partial charge in [0, 0.05) is 62.2 Å². The van der Waals surface area contributed by atoms with Gasteiger partial charge in [0.1, 0.15) is 0 Å². The van der Waals surface area contributed by atoms with Gasteiger partial charge in [-0.25, -0.2) is 0 Å². The number of benzene rings is 3. The lowest BCUT2D eigenvalue weighted by atomic mass is 9.85. The molecule has 3 aromatic carbocycles. The van der Waals surface area contributed by atoms with Crippen molar-refractivity contribution in [1.29, 1.82) is 0 Å². The summed E-state index contributed by atoms with van der Waals surface area (Å²) in [5.41, 5.74) is 6.75. The number of anilines is 3. The third-order valence-electron chi connectivity index (χ3n) is 7.61. The van der Waals surface area contributed by atoms with Gasteiger partial charge in [0.25, 0.3) is 0 Å². The number of aliphatic hydroxyl groups excluding tert-OH is 4. The molecule has 1 aliphatic heterocycles. The maximum Gasteiger partial charge on any atom is 0.0606 e. The standard InChI is InChI=1S/C32H43N3O4/c36-22-18-34(19-23-37)30-12-6-27(7-13-30)32(26-4-10-29(11-5-26)33-16-2-1-3-17-33)28-8-14-31(15-9-28)35(20-24-38)21-25-39/h4-15,32,36-39H,1-3,16-25H2. The van der Waals surface area contributed by atoms with Gasteiger partial charge in [-0.2, -0.15) is 0 Å². The number of nitrogens with zero attached hydrogens (tertiary/aromatic N) is 3. The van der Waals surface area contributed by atoms with E-state index in [0.29, 0.717) is 26.2 Å². The molecule has 0 aromatic heterocycles. The second kappa shape index (κ2) is 14.9. The van der Waals surface area contributed by atoms with Crippen molar-refractivity contribution in [3.63, 3.8) is 0 Å². The molecular formula is C32H43N3O4. The van der Waals surface area contributed by atoms with Crippen molar-refractivity contribution in [2.45, 2.75) is 25.2 Å². The molecule has 7 nitrogen and oxygen atoms in total. The zero-order chi connectivity index (χ0) is 27.5. The number of hydrogen-bond donors (Lipinski definition) is 4. The minimum atomic E-state index is 0.0248. The Morgan fingerprint density at radius 1 is 0.513 bits per heavy atom. The smallest absolute Gasteiger partial charge is 0.0606 e. The SMILES string of the molecule is OCCN(CCO)c1ccc(C(c2ccc(N(CCO)CCO)cc2)c2ccc(N3CCCCC3)cc2)cc1. The normalized spacial score (nSPS) is 13.6. The zero-order valence-electron chi connectivity index (χ0n) is 22.8. The highest BCUT2D eigenvalue weighted by molar-refractivity contribution is 5.56. The molecule has 7 heteroatoms. The summed E-state index contributed by atoms with van der Waals surface area (Å²) in [5, 5.41) is 37.8. The summed E-state index contributed by atoms with van der Waals surface area (Å²) in [4.78, 5) is 6.44. The third-order valence-corrected chi connectivity index (χ3v) is 7.61. The van der Waals surface area contributed by atoms with Crippen LogP contribution in [0.15, 0.2) is 72.8 Å². The number of rotatable bonds is 14. The Hall–Kier alpha value is -3.10. The Morgan fingerprint density at radius 3 is 1.23 bits per heavy atom. The van der Waals surface area contributed by atoms with Crippen LogP contribution in [-0.4, -0.2) is 86.1 Å². The molecule has 0 amide bonds. The fourth-order valence-corrected chi connectivity index (χ4v) is 5.59. The van der Waals surface area contributed by atoms with Crippen LogP contribution in [0, 0.1) is 0 Å². The first kappa shape index (κ1) is 28.9. The van der Waals surface area contributed by atoms with Gasteiger partial charge >= 0.3 is 0 Å². The Morgan fingerprint density at radius 2 is 0.872 bits per heavy atom. The van der Waals surface area contributed by atoms with E-state index in [1.165, 1.54) is 30.5 Å². The van der Waals surface area contributed by atoms with E-state index in [1.807, 2.05) is 9.80 Å². The van der Waals surface area contributed by atoms with Gasteiger partial charge in [-0.05, 0) is 72.4 Å². The summed E-state index contributed by atoms with van der Waals surface area (Å²) in [7, 11) is 0. The average Bonchev–Trinajstić information content (AvgIpc) is 2.99. The molecule has 210 valence electrons. The highest BCUT2D eigenvalue weighted by atomic mass is 16.3. The van der Waals surface area contributed by atoms with Gasteiger partial charge in [-0.15, -0.1) is 0 Å². The molecule has 4 N–H and O–H groups in total. The van der Waals surface area contributed by atoms with Crippen molar-refractivity contribution in [3.05, 3.63) is 89.5 Å². The van der Waals surface area contributed by atoms with E-state index in [0.717, 1.165) is 35.6 Å². The van der Waals surface area contributed by atoms with Crippen LogP contribution in [0.5, 0.6) is 0 Å². The molecule has 1 heterocycles. The summed E-state index contributed by atoms with van der Waals surface area (Å²) in [6, 6.07) is 25.8. The monoisotopic (exact) mass is 533 g/mol. The predicted molar refractivity (Wildman–Crippen MR) is 159 cm³/mol. The highest BCUT2D eigenvalue weighted by Crippen LogP contribution is 2.35. The quantitative estimate of drug-likeness (QED) is 0.236. The lowest BCUT2D eigenvalue weighted by Crippen LogP contribution is -2.29. The molecule has 0 unspecified atom stereocenters. The summed E-state index contributed by atoms with van der Waals surface area (Å²) in [6.45, 7) is 4.24. The van der Waals surface area contributed by atoms with E-state index in [9.17, 15) is 20.4 Å². The van der Waals surface area contributed by atoms with Crippen LogP contribution in [0.1, 0.15) is 41.9 Å². The highest BCUT2D eigenvalue weighted by Gasteiger charge is 2.19. The van der Waals surface area contributed by atoms with Gasteiger partial charge < -0.3 is 35.1 Å². The summed E-state index contributed by atoms with van der Waals surface area (Å²) in [6.07, 6.45) is 3.80. The molecule has 1 saturated heterocycles. The molecule has 1 aliphatic rings. The molecule has 0 radical (unpaired) electrons. The van der Waals surface area contributed by atoms with Crippen molar-refractivity contribution in [2.24, 2.45) is 0 Å². The lowest BCUT2D eigenvalue weighted by molar-refractivity contribution is 0.280. The van der Waals surface area contributed by atoms with Crippen LogP contribution < -0.4 is 14.7 Å². The lowest BCUT2D eigenvalue weighted by Gasteiger charge is -2.29. The number of aliphatic hydroxyl groups is 4. The van der Waals surface area contributed by atoms with E-state index in [2.05, 4.69) is 77.7 Å². The van der Waals surface area contributed by atoms with Gasteiger partial charge in [-0.1, -0.05) is 36.4 Å². The van der Waals surface area contributed by atoms with Gasteiger partial charge in [0.2, 0.25) is 0 Å². The van der Waals surface area contributed by atoms with Crippen LogP contribution >= 0.6 is 0 Å². The summed E-state index contributed by atoms with van der Waals surface area (Å²) >= 11 is 0. The number of piperidine rings is 1.